The summed E-state index contributed by atoms with van der Waals surface area (Å²) in [5.74, 6) is -0.125. The van der Waals surface area contributed by atoms with Crippen LogP contribution in [0.25, 0.3) is 21.0 Å². The van der Waals surface area contributed by atoms with Crippen LogP contribution in [0.5, 0.6) is 0 Å². The van der Waals surface area contributed by atoms with Crippen molar-refractivity contribution >= 4 is 72.8 Å². The number of quaternary nitrogens is 1. The number of para-hydroxylation sites is 1. The lowest BCUT2D eigenvalue weighted by atomic mass is 9.88. The first-order chi connectivity index (χ1) is 33.3. The van der Waals surface area contributed by atoms with Crippen molar-refractivity contribution in [3.63, 3.8) is 0 Å². The molecule has 394 valence electrons. The van der Waals surface area contributed by atoms with E-state index in [0.717, 1.165) is 75.9 Å². The van der Waals surface area contributed by atoms with E-state index in [-0.39, 0.29) is 23.0 Å². The first-order valence-electron chi connectivity index (χ1n) is 24.1. The van der Waals surface area contributed by atoms with Crippen LogP contribution in [0.1, 0.15) is 84.5 Å². The maximum Gasteiger partial charge on any atom is 0.265 e. The number of H-pyrrole nitrogens is 1. The topological polar surface area (TPSA) is 246 Å². The van der Waals surface area contributed by atoms with E-state index < -0.39 is 40.5 Å². The number of pyridine rings is 1. The summed E-state index contributed by atoms with van der Waals surface area (Å²) in [6, 6.07) is 21.0. The third-order valence-electron chi connectivity index (χ3n) is 12.5. The molecule has 17 nitrogen and oxygen atoms in total. The summed E-state index contributed by atoms with van der Waals surface area (Å²) in [6.45, 7) is 6.62. The number of aryl methyl sites for hydroxylation is 1. The molecule has 0 fully saturated rings. The lowest BCUT2D eigenvalue weighted by Crippen LogP contribution is -2.36. The van der Waals surface area contributed by atoms with E-state index in [1.807, 2.05) is 55.5 Å². The SMILES string of the molecule is C[N+](C)(C)CCCS(=O)(=O)O.O=S(=O)(O)CCCCN1CCc2c([nH]c3ccccc23)C1.O=S(=O)(O)CCCN1CCc2c(sc3ccccc23)C1.O=S(=O)([O-])CCC[n+]1ccc(C2CC=CCC2)cc1. The summed E-state index contributed by atoms with van der Waals surface area (Å²) in [4.78, 5) is 9.48. The van der Waals surface area contributed by atoms with Crippen molar-refractivity contribution in [2.24, 2.45) is 0 Å². The summed E-state index contributed by atoms with van der Waals surface area (Å²) in [5, 5.41) is 2.68. The fourth-order valence-electron chi connectivity index (χ4n) is 8.96. The predicted molar refractivity (Wildman–Crippen MR) is 280 cm³/mol. The second-order valence-electron chi connectivity index (χ2n) is 19.4. The Balaban J connectivity index is 0.000000180. The third-order valence-corrected chi connectivity index (χ3v) is 16.9. The molecule has 22 heteroatoms. The Morgan fingerprint density at radius 2 is 1.28 bits per heavy atom. The van der Waals surface area contributed by atoms with E-state index in [1.54, 1.807) is 0 Å². The smallest absolute Gasteiger partial charge is 0.265 e. The molecule has 0 saturated heterocycles. The molecule has 71 heavy (non-hydrogen) atoms. The highest BCUT2D eigenvalue weighted by Crippen LogP contribution is 2.35. The molecule has 1 aliphatic carbocycles. The number of nitrogens with zero attached hydrogens (tertiary/aromatic N) is 4. The maximum absolute atomic E-state index is 10.7. The number of allylic oxidation sites excluding steroid dienone is 2. The van der Waals surface area contributed by atoms with Crippen LogP contribution < -0.4 is 4.57 Å². The molecule has 1 unspecified atom stereocenters. The molecule has 3 aliphatic rings. The van der Waals surface area contributed by atoms with E-state index >= 15 is 0 Å². The molecule has 0 radical (unpaired) electrons. The maximum atomic E-state index is 10.7. The van der Waals surface area contributed by atoms with Crippen LogP contribution >= 0.6 is 11.3 Å². The molecule has 0 saturated carbocycles. The molecule has 0 spiro atoms. The standard InChI is InChI=1S/C15H20N2O3S.C14H17NO3S2.C14H19NO3S.C6H15NO3S/c18-21(19,20)10-4-3-8-17-9-7-13-12-5-1-2-6-14(12)16-15(13)11-17;16-20(17,18)9-3-7-15-8-6-12-11-4-1-2-5-13(11)19-14(12)10-15;16-19(17,18)12-4-9-15-10-7-14(8-11-15)13-5-2-1-3-6-13;1-7(2,3)5-4-6-11(8,9)10/h1-2,5-6,16H,3-4,7-11H2,(H,18,19,20);1-2,4-5H,3,6-10H2,(H,16,17,18);1-2,7-8,10-11,13H,3-6,9,12H2;4-6H2,1-3H3/p+1. The van der Waals surface area contributed by atoms with E-state index in [0.29, 0.717) is 44.7 Å². The van der Waals surface area contributed by atoms with Gasteiger partial charge in [0.1, 0.15) is 6.54 Å². The molecule has 0 bridgehead atoms. The molecule has 5 heterocycles. The highest BCUT2D eigenvalue weighted by Gasteiger charge is 2.22. The van der Waals surface area contributed by atoms with Crippen molar-refractivity contribution in [2.45, 2.75) is 89.8 Å². The van der Waals surface area contributed by atoms with E-state index in [1.165, 1.54) is 54.7 Å². The van der Waals surface area contributed by atoms with Gasteiger partial charge in [0, 0.05) is 83.1 Å². The molecule has 8 rings (SSSR count). The van der Waals surface area contributed by atoms with Gasteiger partial charge in [0.15, 0.2) is 12.4 Å². The molecule has 2 aromatic carbocycles. The van der Waals surface area contributed by atoms with Gasteiger partial charge in [-0.05, 0) is 105 Å². The molecule has 5 aromatic rings. The minimum absolute atomic E-state index is 0.136. The molecule has 0 amide bonds. The van der Waals surface area contributed by atoms with Gasteiger partial charge in [-0.25, -0.2) is 13.0 Å². The predicted octanol–water partition coefficient (Wildman–Crippen LogP) is 6.43. The van der Waals surface area contributed by atoms with Crippen LogP contribution in [0, 0.1) is 0 Å². The van der Waals surface area contributed by atoms with Crippen molar-refractivity contribution < 1.29 is 60.9 Å². The summed E-state index contributed by atoms with van der Waals surface area (Å²) in [7, 11) is -9.57. The molecule has 1 atom stereocenters. The Hall–Kier alpha value is -3.65. The number of unbranched alkanes of at least 4 members (excludes halogenated alkanes) is 1. The Morgan fingerprint density at radius 3 is 1.92 bits per heavy atom. The molecular formula is C49H72N5O12S5+. The van der Waals surface area contributed by atoms with Crippen molar-refractivity contribution in [1.82, 2.24) is 14.8 Å². The quantitative estimate of drug-likeness (QED) is 0.0243. The van der Waals surface area contributed by atoms with Gasteiger partial charge in [-0.2, -0.15) is 25.3 Å². The van der Waals surface area contributed by atoms with E-state index in [4.69, 9.17) is 13.7 Å². The first-order valence-corrected chi connectivity index (χ1v) is 31.3. The molecule has 2 aliphatic heterocycles. The number of rotatable bonds is 18. The van der Waals surface area contributed by atoms with Crippen LogP contribution in [-0.2, 0) is 72.9 Å². The van der Waals surface area contributed by atoms with E-state index in [2.05, 4.69) is 81.5 Å². The fourth-order valence-corrected chi connectivity index (χ4v) is 12.3. The minimum atomic E-state index is -4.09. The average molecular weight is 1080 g/mol. The monoisotopic (exact) mass is 1080 g/mol. The van der Waals surface area contributed by atoms with Gasteiger partial charge in [-0.3, -0.25) is 23.5 Å². The van der Waals surface area contributed by atoms with Gasteiger partial charge in [-0.15, -0.1) is 11.3 Å². The Kier molecular flexibility index (Phi) is 21.8. The van der Waals surface area contributed by atoms with E-state index in [9.17, 15) is 38.2 Å². The summed E-state index contributed by atoms with van der Waals surface area (Å²) >= 11 is 1.83. The second kappa shape index (κ2) is 26.5. The normalized spacial score (nSPS) is 16.7. The zero-order valence-electron chi connectivity index (χ0n) is 41.1. The number of nitrogens with one attached hydrogen (secondary N) is 1. The van der Waals surface area contributed by atoms with Crippen LogP contribution in [0.3, 0.4) is 0 Å². The van der Waals surface area contributed by atoms with Crippen molar-refractivity contribution in [3.05, 3.63) is 112 Å². The number of aromatic nitrogens is 2. The number of aromatic amines is 1. The summed E-state index contributed by atoms with van der Waals surface area (Å²) < 4.78 is 125. The first kappa shape index (κ1) is 58.2. The van der Waals surface area contributed by atoms with Crippen LogP contribution in [0.4, 0.5) is 0 Å². The van der Waals surface area contributed by atoms with Crippen LogP contribution in [0.15, 0.2) is 85.2 Å². The van der Waals surface area contributed by atoms with Gasteiger partial charge in [-0.1, -0.05) is 48.6 Å². The average Bonchev–Trinajstić information content (AvgIpc) is 3.85. The van der Waals surface area contributed by atoms with Crippen molar-refractivity contribution in [2.75, 3.05) is 76.9 Å². The van der Waals surface area contributed by atoms with Crippen LogP contribution in [-0.4, -0.2) is 148 Å². The molecule has 4 N–H and O–H groups in total. The minimum Gasteiger partial charge on any atom is -0.748 e. The number of hydrogen-bond acceptors (Lipinski definition) is 12. The fraction of sp³-hybridized carbons (Fsp3) is 0.531. The zero-order valence-corrected chi connectivity index (χ0v) is 45.1. The second-order valence-corrected chi connectivity index (χ2v) is 26.8. The highest BCUT2D eigenvalue weighted by molar-refractivity contribution is 7.86. The van der Waals surface area contributed by atoms with Gasteiger partial charge in [0.05, 0.1) is 55.1 Å². The lowest BCUT2D eigenvalue weighted by molar-refractivity contribution is -0.870. The number of benzene rings is 2. The van der Waals surface area contributed by atoms with Gasteiger partial charge in [0.25, 0.3) is 30.4 Å². The summed E-state index contributed by atoms with van der Waals surface area (Å²) in [5.41, 5.74) is 6.67. The van der Waals surface area contributed by atoms with Gasteiger partial charge >= 0.3 is 0 Å². The molecular weight excluding hydrogens is 1010 g/mol. The van der Waals surface area contributed by atoms with Crippen molar-refractivity contribution in [1.29, 1.82) is 0 Å². The molecule has 3 aromatic heterocycles. The van der Waals surface area contributed by atoms with Crippen LogP contribution in [0.2, 0.25) is 0 Å². The highest BCUT2D eigenvalue weighted by atomic mass is 32.2. The lowest BCUT2D eigenvalue weighted by Gasteiger charge is -2.26. The van der Waals surface area contributed by atoms with Gasteiger partial charge < -0.3 is 14.0 Å². The Morgan fingerprint density at radius 1 is 0.690 bits per heavy atom. The largest absolute Gasteiger partial charge is 0.748 e. The number of hydrogen-bond donors (Lipinski definition) is 4. The Bertz CT molecular complexity index is 2970. The zero-order chi connectivity index (χ0) is 51.9. The third kappa shape index (κ3) is 21.8. The number of fused-ring (bicyclic) bond motifs is 6. The Labute approximate surface area is 425 Å². The van der Waals surface area contributed by atoms with Gasteiger partial charge in [0.2, 0.25) is 0 Å². The number of thiophene rings is 1. The summed E-state index contributed by atoms with van der Waals surface area (Å²) in [6.07, 6.45) is 16.5. The van der Waals surface area contributed by atoms with Crippen molar-refractivity contribution in [3.8, 4) is 0 Å².